The number of rotatable bonds is 4. The van der Waals surface area contributed by atoms with Crippen molar-refractivity contribution in [3.63, 3.8) is 0 Å². The quantitative estimate of drug-likeness (QED) is 0.823. The number of carbonyl (C=O) groups is 2. The van der Waals surface area contributed by atoms with E-state index < -0.39 is 5.60 Å². The van der Waals surface area contributed by atoms with Gasteiger partial charge in [0.05, 0.1) is 7.11 Å². The molecule has 1 aliphatic heterocycles. The maximum absolute atomic E-state index is 12.8. The van der Waals surface area contributed by atoms with E-state index in [0.717, 1.165) is 19.4 Å². The first kappa shape index (κ1) is 20.1. The molecular formula is C20H30N2O4. The van der Waals surface area contributed by atoms with Crippen molar-refractivity contribution in [3.8, 4) is 5.75 Å². The van der Waals surface area contributed by atoms with E-state index in [4.69, 9.17) is 9.47 Å². The van der Waals surface area contributed by atoms with Crippen LogP contribution in [0, 0.1) is 5.92 Å². The molecule has 144 valence electrons. The molecule has 0 N–H and O–H groups in total. The average Bonchev–Trinajstić information content (AvgIpc) is 2.60. The highest BCUT2D eigenvalue weighted by Gasteiger charge is 2.28. The third kappa shape index (κ3) is 5.64. The SMILES string of the molecule is COc1cccc(C(=O)N2CCC[C@@H](CN(C)C(=O)OC(C)(C)C)C2)c1. The molecular weight excluding hydrogens is 332 g/mol. The van der Waals surface area contributed by atoms with E-state index in [9.17, 15) is 9.59 Å². The zero-order valence-corrected chi connectivity index (χ0v) is 16.4. The normalized spacial score (nSPS) is 17.6. The van der Waals surface area contributed by atoms with Gasteiger partial charge in [0.1, 0.15) is 11.4 Å². The second-order valence-corrected chi connectivity index (χ2v) is 7.85. The van der Waals surface area contributed by atoms with Crippen molar-refractivity contribution in [1.82, 2.24) is 9.80 Å². The number of likely N-dealkylation sites (tertiary alicyclic amines) is 1. The Labute approximate surface area is 156 Å². The van der Waals surface area contributed by atoms with Crippen molar-refractivity contribution in [2.45, 2.75) is 39.2 Å². The lowest BCUT2D eigenvalue weighted by Crippen LogP contribution is -2.45. The summed E-state index contributed by atoms with van der Waals surface area (Å²) < 4.78 is 10.6. The Morgan fingerprint density at radius 1 is 1.31 bits per heavy atom. The molecule has 1 aromatic rings. The molecule has 1 aromatic carbocycles. The van der Waals surface area contributed by atoms with Crippen molar-refractivity contribution in [2.24, 2.45) is 5.92 Å². The molecule has 0 radical (unpaired) electrons. The summed E-state index contributed by atoms with van der Waals surface area (Å²) in [5.74, 6) is 0.929. The van der Waals surface area contributed by atoms with Gasteiger partial charge < -0.3 is 19.3 Å². The van der Waals surface area contributed by atoms with Gasteiger partial charge in [-0.2, -0.15) is 0 Å². The summed E-state index contributed by atoms with van der Waals surface area (Å²) in [6.45, 7) is 7.53. The second kappa shape index (κ2) is 8.43. The molecule has 0 spiro atoms. The fourth-order valence-corrected chi connectivity index (χ4v) is 3.14. The fourth-order valence-electron chi connectivity index (χ4n) is 3.14. The zero-order valence-electron chi connectivity index (χ0n) is 16.4. The lowest BCUT2D eigenvalue weighted by Gasteiger charge is -2.35. The maximum atomic E-state index is 12.8. The minimum Gasteiger partial charge on any atom is -0.497 e. The molecule has 1 fully saturated rings. The number of ether oxygens (including phenoxy) is 2. The molecule has 0 bridgehead atoms. The second-order valence-electron chi connectivity index (χ2n) is 7.85. The van der Waals surface area contributed by atoms with E-state index in [1.54, 1.807) is 31.2 Å². The van der Waals surface area contributed by atoms with Crippen molar-refractivity contribution in [3.05, 3.63) is 29.8 Å². The van der Waals surface area contributed by atoms with Gasteiger partial charge in [-0.05, 0) is 57.7 Å². The predicted octanol–water partition coefficient (Wildman–Crippen LogP) is 3.41. The van der Waals surface area contributed by atoms with Crippen molar-refractivity contribution < 1.29 is 19.1 Å². The van der Waals surface area contributed by atoms with Crippen LogP contribution in [0.15, 0.2) is 24.3 Å². The van der Waals surface area contributed by atoms with Crippen LogP contribution in [0.3, 0.4) is 0 Å². The van der Waals surface area contributed by atoms with Gasteiger partial charge in [0.25, 0.3) is 5.91 Å². The summed E-state index contributed by atoms with van der Waals surface area (Å²) in [6.07, 6.45) is 1.60. The van der Waals surface area contributed by atoms with E-state index in [2.05, 4.69) is 0 Å². The zero-order chi connectivity index (χ0) is 19.3. The number of nitrogens with zero attached hydrogens (tertiary/aromatic N) is 2. The summed E-state index contributed by atoms with van der Waals surface area (Å²) in [6, 6.07) is 7.22. The van der Waals surface area contributed by atoms with Crippen LogP contribution in [0.5, 0.6) is 5.75 Å². The summed E-state index contributed by atoms with van der Waals surface area (Å²) in [4.78, 5) is 28.4. The lowest BCUT2D eigenvalue weighted by molar-refractivity contribution is 0.0244. The highest BCUT2D eigenvalue weighted by atomic mass is 16.6. The van der Waals surface area contributed by atoms with Crippen molar-refractivity contribution in [2.75, 3.05) is 33.8 Å². The molecule has 1 aliphatic rings. The lowest BCUT2D eigenvalue weighted by atomic mass is 9.97. The van der Waals surface area contributed by atoms with Crippen LogP contribution in [0.1, 0.15) is 44.0 Å². The first-order valence-electron chi connectivity index (χ1n) is 9.07. The molecule has 26 heavy (non-hydrogen) atoms. The van der Waals surface area contributed by atoms with E-state index in [1.165, 1.54) is 0 Å². The number of methoxy groups -OCH3 is 1. The Kier molecular flexibility index (Phi) is 6.51. The van der Waals surface area contributed by atoms with Gasteiger partial charge in [-0.25, -0.2) is 4.79 Å². The van der Waals surface area contributed by atoms with Crippen LogP contribution in [0.4, 0.5) is 4.79 Å². The van der Waals surface area contributed by atoms with Gasteiger partial charge in [0.15, 0.2) is 0 Å². The van der Waals surface area contributed by atoms with Crippen molar-refractivity contribution in [1.29, 1.82) is 0 Å². The van der Waals surface area contributed by atoms with E-state index >= 15 is 0 Å². The number of hydrogen-bond donors (Lipinski definition) is 0. The van der Waals surface area contributed by atoms with Gasteiger partial charge in [0.2, 0.25) is 0 Å². The van der Waals surface area contributed by atoms with E-state index in [-0.39, 0.29) is 17.9 Å². The molecule has 6 heteroatoms. The Bertz CT molecular complexity index is 639. The number of benzene rings is 1. The van der Waals surface area contributed by atoms with Crippen LogP contribution in [0.25, 0.3) is 0 Å². The fraction of sp³-hybridized carbons (Fsp3) is 0.600. The molecule has 6 nitrogen and oxygen atoms in total. The Balaban J connectivity index is 1.95. The van der Waals surface area contributed by atoms with E-state index in [1.807, 2.05) is 37.8 Å². The smallest absolute Gasteiger partial charge is 0.410 e. The van der Waals surface area contributed by atoms with Crippen LogP contribution in [0.2, 0.25) is 0 Å². The average molecular weight is 362 g/mol. The molecule has 2 rings (SSSR count). The van der Waals surface area contributed by atoms with Crippen LogP contribution in [-0.2, 0) is 4.74 Å². The predicted molar refractivity (Wildman–Crippen MR) is 100 cm³/mol. The first-order valence-corrected chi connectivity index (χ1v) is 9.07. The highest BCUT2D eigenvalue weighted by molar-refractivity contribution is 5.94. The maximum Gasteiger partial charge on any atom is 0.410 e. The summed E-state index contributed by atoms with van der Waals surface area (Å²) in [7, 11) is 3.34. The molecule has 0 aliphatic carbocycles. The first-order chi connectivity index (χ1) is 12.2. The Morgan fingerprint density at radius 3 is 2.69 bits per heavy atom. The van der Waals surface area contributed by atoms with Gasteiger partial charge in [-0.3, -0.25) is 4.79 Å². The number of hydrogen-bond acceptors (Lipinski definition) is 4. The van der Waals surface area contributed by atoms with Gasteiger partial charge in [-0.1, -0.05) is 6.07 Å². The minimum absolute atomic E-state index is 0.00789. The largest absolute Gasteiger partial charge is 0.497 e. The van der Waals surface area contributed by atoms with Crippen molar-refractivity contribution >= 4 is 12.0 Å². The molecule has 1 heterocycles. The monoisotopic (exact) mass is 362 g/mol. The van der Waals surface area contributed by atoms with Gasteiger partial charge in [0, 0.05) is 32.2 Å². The Hall–Kier alpha value is -2.24. The summed E-state index contributed by atoms with van der Waals surface area (Å²) in [5, 5.41) is 0. The Morgan fingerprint density at radius 2 is 2.04 bits per heavy atom. The molecule has 0 saturated carbocycles. The highest BCUT2D eigenvalue weighted by Crippen LogP contribution is 2.22. The number of amides is 2. The van der Waals surface area contributed by atoms with Gasteiger partial charge >= 0.3 is 6.09 Å². The van der Waals surface area contributed by atoms with E-state index in [0.29, 0.717) is 24.4 Å². The molecule has 1 saturated heterocycles. The third-order valence-electron chi connectivity index (χ3n) is 4.36. The topological polar surface area (TPSA) is 59.1 Å². The number of carbonyl (C=O) groups excluding carboxylic acids is 2. The summed E-state index contributed by atoms with van der Waals surface area (Å²) >= 11 is 0. The molecule has 1 atom stereocenters. The summed E-state index contributed by atoms with van der Waals surface area (Å²) in [5.41, 5.74) is 0.122. The molecule has 2 amide bonds. The minimum atomic E-state index is -0.508. The standard InChI is InChI=1S/C20H30N2O4/c1-20(2,3)26-19(24)21(4)13-15-8-7-11-22(14-15)18(23)16-9-6-10-17(12-16)25-5/h6,9-10,12,15H,7-8,11,13-14H2,1-5H3/t15-/m0/s1. The van der Waals surface area contributed by atoms with Crippen LogP contribution in [-0.4, -0.2) is 61.2 Å². The van der Waals surface area contributed by atoms with Crippen LogP contribution < -0.4 is 4.74 Å². The number of piperidine rings is 1. The van der Waals surface area contributed by atoms with Crippen LogP contribution >= 0.6 is 0 Å². The molecule has 0 unspecified atom stereocenters. The third-order valence-corrected chi connectivity index (χ3v) is 4.36. The molecule has 0 aromatic heterocycles. The van der Waals surface area contributed by atoms with Gasteiger partial charge in [-0.15, -0.1) is 0 Å².